The van der Waals surface area contributed by atoms with Crippen LogP contribution in [0.1, 0.15) is 15.9 Å². The SMILES string of the molecule is CN(C)S(=O)(=O)c1ccc(C(=O)C=Cc2ccc(-c3ccccc3)cc2)cc1. The van der Waals surface area contributed by atoms with Crippen LogP contribution < -0.4 is 0 Å². The normalized spacial score (nSPS) is 11.8. The fraction of sp³-hybridized carbons (Fsp3) is 0.0870. The lowest BCUT2D eigenvalue weighted by Gasteiger charge is -2.11. The summed E-state index contributed by atoms with van der Waals surface area (Å²) in [6, 6.07) is 24.0. The Morgan fingerprint density at radius 3 is 1.93 bits per heavy atom. The number of carbonyl (C=O) groups is 1. The largest absolute Gasteiger partial charge is 0.289 e. The minimum absolute atomic E-state index is 0.162. The highest BCUT2D eigenvalue weighted by atomic mass is 32.2. The molecule has 5 heteroatoms. The van der Waals surface area contributed by atoms with Crippen molar-refractivity contribution in [3.05, 3.63) is 96.1 Å². The average Bonchev–Trinajstić information content (AvgIpc) is 2.73. The molecule has 3 aromatic carbocycles. The number of carbonyl (C=O) groups excluding carboxylic acids is 1. The Morgan fingerprint density at radius 1 is 0.786 bits per heavy atom. The second-order valence-corrected chi connectivity index (χ2v) is 8.65. The number of sulfonamides is 1. The van der Waals surface area contributed by atoms with Gasteiger partial charge < -0.3 is 0 Å². The highest BCUT2D eigenvalue weighted by Gasteiger charge is 2.17. The molecule has 0 aromatic heterocycles. The topological polar surface area (TPSA) is 54.5 Å². The lowest BCUT2D eigenvalue weighted by Crippen LogP contribution is -2.22. The van der Waals surface area contributed by atoms with Crippen LogP contribution in [-0.2, 0) is 10.0 Å². The maximum absolute atomic E-state index is 12.4. The summed E-state index contributed by atoms with van der Waals surface area (Å²) >= 11 is 0. The Bertz CT molecular complexity index is 1080. The molecule has 0 atom stereocenters. The third-order valence-corrected chi connectivity index (χ3v) is 6.19. The van der Waals surface area contributed by atoms with E-state index in [1.807, 2.05) is 42.5 Å². The predicted octanol–water partition coefficient (Wildman–Crippen LogP) is 4.50. The van der Waals surface area contributed by atoms with Crippen molar-refractivity contribution in [3.63, 3.8) is 0 Å². The predicted molar refractivity (Wildman–Crippen MR) is 113 cm³/mol. The van der Waals surface area contributed by atoms with Gasteiger partial charge in [-0.2, -0.15) is 0 Å². The Morgan fingerprint density at radius 2 is 1.36 bits per heavy atom. The van der Waals surface area contributed by atoms with E-state index >= 15 is 0 Å². The summed E-state index contributed by atoms with van der Waals surface area (Å²) in [4.78, 5) is 12.5. The second kappa shape index (κ2) is 8.33. The van der Waals surface area contributed by atoms with E-state index in [4.69, 9.17) is 0 Å². The van der Waals surface area contributed by atoms with Crippen LogP contribution >= 0.6 is 0 Å². The van der Waals surface area contributed by atoms with Crippen molar-refractivity contribution < 1.29 is 13.2 Å². The fourth-order valence-electron chi connectivity index (χ4n) is 2.69. The van der Waals surface area contributed by atoms with Gasteiger partial charge in [-0.1, -0.05) is 60.7 Å². The Kier molecular flexibility index (Phi) is 5.87. The summed E-state index contributed by atoms with van der Waals surface area (Å²) < 4.78 is 25.3. The molecule has 28 heavy (non-hydrogen) atoms. The Labute approximate surface area is 165 Å². The van der Waals surface area contributed by atoms with Crippen LogP contribution in [0.3, 0.4) is 0 Å². The quantitative estimate of drug-likeness (QED) is 0.459. The van der Waals surface area contributed by atoms with Gasteiger partial charge in [-0.05, 0) is 47.0 Å². The molecule has 0 N–H and O–H groups in total. The number of hydrogen-bond donors (Lipinski definition) is 0. The summed E-state index contributed by atoms with van der Waals surface area (Å²) in [5.74, 6) is -0.180. The van der Waals surface area contributed by atoms with Crippen molar-refractivity contribution in [3.8, 4) is 11.1 Å². The summed E-state index contributed by atoms with van der Waals surface area (Å²) in [6.07, 6.45) is 3.24. The van der Waals surface area contributed by atoms with E-state index in [-0.39, 0.29) is 10.7 Å². The molecule has 142 valence electrons. The van der Waals surface area contributed by atoms with Gasteiger partial charge in [-0.15, -0.1) is 0 Å². The monoisotopic (exact) mass is 391 g/mol. The zero-order valence-electron chi connectivity index (χ0n) is 15.7. The molecule has 0 aliphatic carbocycles. The molecule has 0 spiro atoms. The molecule has 0 radical (unpaired) electrons. The second-order valence-electron chi connectivity index (χ2n) is 6.50. The highest BCUT2D eigenvalue weighted by molar-refractivity contribution is 7.89. The van der Waals surface area contributed by atoms with Crippen LogP contribution in [0.2, 0.25) is 0 Å². The summed E-state index contributed by atoms with van der Waals surface area (Å²) in [5.41, 5.74) is 3.61. The van der Waals surface area contributed by atoms with E-state index in [1.54, 1.807) is 6.08 Å². The van der Waals surface area contributed by atoms with Gasteiger partial charge in [0.1, 0.15) is 0 Å². The van der Waals surface area contributed by atoms with Crippen LogP contribution in [0.5, 0.6) is 0 Å². The van der Waals surface area contributed by atoms with E-state index in [1.165, 1.54) is 44.4 Å². The first-order chi connectivity index (χ1) is 13.4. The van der Waals surface area contributed by atoms with Crippen molar-refractivity contribution in [2.24, 2.45) is 0 Å². The first kappa shape index (κ1) is 19.7. The van der Waals surface area contributed by atoms with Crippen LogP contribution in [-0.4, -0.2) is 32.6 Å². The van der Waals surface area contributed by atoms with Crippen molar-refractivity contribution in [2.45, 2.75) is 4.90 Å². The van der Waals surface area contributed by atoms with Crippen molar-refractivity contribution in [1.82, 2.24) is 4.31 Å². The molecule has 0 unspecified atom stereocenters. The van der Waals surface area contributed by atoms with Crippen molar-refractivity contribution >= 4 is 21.9 Å². The standard InChI is InChI=1S/C23H21NO3S/c1-24(2)28(26,27)22-15-13-21(14-16-22)23(25)17-10-18-8-11-20(12-9-18)19-6-4-3-5-7-19/h3-17H,1-2H3. The number of allylic oxidation sites excluding steroid dienone is 1. The number of hydrogen-bond acceptors (Lipinski definition) is 3. The lowest BCUT2D eigenvalue weighted by molar-refractivity contribution is 0.104. The minimum atomic E-state index is -3.50. The Hall–Kier alpha value is -3.02. The third kappa shape index (κ3) is 4.44. The summed E-state index contributed by atoms with van der Waals surface area (Å²) in [7, 11) is -0.553. The van der Waals surface area contributed by atoms with Gasteiger partial charge >= 0.3 is 0 Å². The van der Waals surface area contributed by atoms with Gasteiger partial charge in [0, 0.05) is 19.7 Å². The van der Waals surface area contributed by atoms with Crippen molar-refractivity contribution in [1.29, 1.82) is 0 Å². The number of rotatable bonds is 6. The number of ketones is 1. The number of nitrogens with zero attached hydrogens (tertiary/aromatic N) is 1. The third-order valence-electron chi connectivity index (χ3n) is 4.36. The molecule has 3 rings (SSSR count). The molecule has 0 saturated heterocycles. The lowest BCUT2D eigenvalue weighted by atomic mass is 10.0. The van der Waals surface area contributed by atoms with Gasteiger partial charge in [0.05, 0.1) is 4.90 Å². The minimum Gasteiger partial charge on any atom is -0.289 e. The van der Waals surface area contributed by atoms with E-state index in [0.29, 0.717) is 5.56 Å². The molecule has 0 bridgehead atoms. The molecule has 0 saturated carbocycles. The average molecular weight is 391 g/mol. The zero-order chi connectivity index (χ0) is 20.1. The molecule has 0 heterocycles. The van der Waals surface area contributed by atoms with Crippen molar-refractivity contribution in [2.75, 3.05) is 14.1 Å². The number of benzene rings is 3. The fourth-order valence-corrected chi connectivity index (χ4v) is 3.59. The van der Waals surface area contributed by atoms with E-state index < -0.39 is 10.0 Å². The van der Waals surface area contributed by atoms with Crippen LogP contribution in [0, 0.1) is 0 Å². The molecular formula is C23H21NO3S. The first-order valence-electron chi connectivity index (χ1n) is 8.78. The van der Waals surface area contributed by atoms with E-state index in [0.717, 1.165) is 21.0 Å². The maximum Gasteiger partial charge on any atom is 0.242 e. The summed E-state index contributed by atoms with van der Waals surface area (Å²) in [6.45, 7) is 0. The molecule has 3 aromatic rings. The van der Waals surface area contributed by atoms with Crippen LogP contribution in [0.4, 0.5) is 0 Å². The molecule has 0 amide bonds. The maximum atomic E-state index is 12.4. The first-order valence-corrected chi connectivity index (χ1v) is 10.2. The van der Waals surface area contributed by atoms with Gasteiger partial charge in [0.25, 0.3) is 0 Å². The zero-order valence-corrected chi connectivity index (χ0v) is 16.6. The highest BCUT2D eigenvalue weighted by Crippen LogP contribution is 2.20. The molecule has 4 nitrogen and oxygen atoms in total. The van der Waals surface area contributed by atoms with E-state index in [9.17, 15) is 13.2 Å². The van der Waals surface area contributed by atoms with Gasteiger partial charge in [0.15, 0.2) is 5.78 Å². The molecule has 0 aliphatic rings. The van der Waals surface area contributed by atoms with Gasteiger partial charge in [-0.3, -0.25) is 4.79 Å². The van der Waals surface area contributed by atoms with Crippen LogP contribution in [0.15, 0.2) is 89.8 Å². The smallest absolute Gasteiger partial charge is 0.242 e. The molecular weight excluding hydrogens is 370 g/mol. The van der Waals surface area contributed by atoms with Gasteiger partial charge in [0.2, 0.25) is 10.0 Å². The van der Waals surface area contributed by atoms with Crippen LogP contribution in [0.25, 0.3) is 17.2 Å². The molecule has 0 aliphatic heterocycles. The van der Waals surface area contributed by atoms with Gasteiger partial charge in [-0.25, -0.2) is 12.7 Å². The summed E-state index contributed by atoms with van der Waals surface area (Å²) in [5, 5.41) is 0. The Balaban J connectivity index is 1.71. The molecule has 0 fully saturated rings. The van der Waals surface area contributed by atoms with E-state index in [2.05, 4.69) is 12.1 Å².